The first-order chi connectivity index (χ1) is 12.0. The molecule has 1 aromatic carbocycles. The Morgan fingerprint density at radius 2 is 2.08 bits per heavy atom. The van der Waals surface area contributed by atoms with Crippen molar-refractivity contribution in [3.63, 3.8) is 0 Å². The Morgan fingerprint density at radius 3 is 2.76 bits per heavy atom. The van der Waals surface area contributed by atoms with Gasteiger partial charge in [-0.25, -0.2) is 9.07 Å². The number of amides is 1. The molecule has 0 bridgehead atoms. The predicted octanol–water partition coefficient (Wildman–Crippen LogP) is 1.69. The van der Waals surface area contributed by atoms with Crippen molar-refractivity contribution >= 4 is 5.91 Å². The molecule has 7 heteroatoms. The average molecular weight is 346 g/mol. The molecular formula is C18H23FN4O2. The summed E-state index contributed by atoms with van der Waals surface area (Å²) in [7, 11) is 0. The molecule has 6 nitrogen and oxygen atoms in total. The Labute approximate surface area is 146 Å². The number of benzene rings is 1. The Morgan fingerprint density at radius 1 is 1.40 bits per heavy atom. The first-order valence-corrected chi connectivity index (χ1v) is 8.46. The van der Waals surface area contributed by atoms with Crippen molar-refractivity contribution in [2.24, 2.45) is 11.7 Å². The van der Waals surface area contributed by atoms with Gasteiger partial charge in [-0.2, -0.15) is 5.10 Å². The summed E-state index contributed by atoms with van der Waals surface area (Å²) in [6.45, 7) is 3.56. The minimum Gasteiger partial charge on any atom is -0.381 e. The van der Waals surface area contributed by atoms with E-state index in [-0.39, 0.29) is 17.6 Å². The first kappa shape index (κ1) is 17.6. The summed E-state index contributed by atoms with van der Waals surface area (Å²) in [4.78, 5) is 12.3. The number of aryl methyl sites for hydroxylation is 1. The van der Waals surface area contributed by atoms with Gasteiger partial charge in [-0.15, -0.1) is 0 Å². The number of aromatic nitrogens is 2. The highest BCUT2D eigenvalue weighted by Gasteiger charge is 2.26. The summed E-state index contributed by atoms with van der Waals surface area (Å²) in [6, 6.07) is 5.58. The molecule has 2 heterocycles. The van der Waals surface area contributed by atoms with Crippen molar-refractivity contribution in [3.8, 4) is 5.69 Å². The molecule has 1 amide bonds. The molecule has 2 aromatic rings. The number of halogens is 1. The van der Waals surface area contributed by atoms with Gasteiger partial charge in [0.2, 0.25) is 5.91 Å². The van der Waals surface area contributed by atoms with Crippen molar-refractivity contribution in [3.05, 3.63) is 47.5 Å². The summed E-state index contributed by atoms with van der Waals surface area (Å²) < 4.78 is 20.0. The molecule has 1 aromatic heterocycles. The van der Waals surface area contributed by atoms with Crippen LogP contribution < -0.4 is 11.1 Å². The maximum Gasteiger partial charge on any atom is 0.237 e. The van der Waals surface area contributed by atoms with Gasteiger partial charge >= 0.3 is 0 Å². The predicted molar refractivity (Wildman–Crippen MR) is 91.6 cm³/mol. The van der Waals surface area contributed by atoms with Crippen LogP contribution in [-0.4, -0.2) is 34.9 Å². The zero-order valence-corrected chi connectivity index (χ0v) is 14.2. The van der Waals surface area contributed by atoms with E-state index in [1.165, 1.54) is 12.1 Å². The van der Waals surface area contributed by atoms with Crippen LogP contribution in [0.2, 0.25) is 0 Å². The maximum absolute atomic E-state index is 13.0. The largest absolute Gasteiger partial charge is 0.381 e. The SMILES string of the molecule is Cc1nn(-c2ccc(F)cc2)cc1CNC(=O)C(N)C1CCOCC1. The quantitative estimate of drug-likeness (QED) is 0.863. The second kappa shape index (κ2) is 7.76. The third kappa shape index (κ3) is 4.24. The van der Waals surface area contributed by atoms with E-state index in [0.29, 0.717) is 19.8 Å². The average Bonchev–Trinajstić information content (AvgIpc) is 3.01. The third-order valence-corrected chi connectivity index (χ3v) is 4.62. The second-order valence-electron chi connectivity index (χ2n) is 6.35. The van der Waals surface area contributed by atoms with Crippen molar-refractivity contribution in [1.82, 2.24) is 15.1 Å². The van der Waals surface area contributed by atoms with Gasteiger partial charge in [0, 0.05) is 31.5 Å². The zero-order chi connectivity index (χ0) is 17.8. The van der Waals surface area contributed by atoms with E-state index in [0.717, 1.165) is 29.8 Å². The molecule has 0 saturated carbocycles. The fraction of sp³-hybridized carbons (Fsp3) is 0.444. The lowest BCUT2D eigenvalue weighted by Crippen LogP contribution is -2.46. The van der Waals surface area contributed by atoms with E-state index < -0.39 is 6.04 Å². The lowest BCUT2D eigenvalue weighted by Gasteiger charge is -2.26. The van der Waals surface area contributed by atoms with Gasteiger partial charge in [0.1, 0.15) is 5.82 Å². The lowest BCUT2D eigenvalue weighted by molar-refractivity contribution is -0.124. The highest BCUT2D eigenvalue weighted by molar-refractivity contribution is 5.81. The van der Waals surface area contributed by atoms with Crippen LogP contribution in [0.1, 0.15) is 24.1 Å². The molecule has 1 atom stereocenters. The number of ether oxygens (including phenoxy) is 1. The number of carbonyl (C=O) groups is 1. The van der Waals surface area contributed by atoms with E-state index >= 15 is 0 Å². The molecule has 1 fully saturated rings. The number of hydrogen-bond donors (Lipinski definition) is 2. The van der Waals surface area contributed by atoms with E-state index in [2.05, 4.69) is 10.4 Å². The van der Waals surface area contributed by atoms with E-state index in [4.69, 9.17) is 10.5 Å². The summed E-state index contributed by atoms with van der Waals surface area (Å²) in [5, 5.41) is 7.31. The van der Waals surface area contributed by atoms with Gasteiger partial charge in [0.15, 0.2) is 0 Å². The Bertz CT molecular complexity index is 723. The fourth-order valence-corrected chi connectivity index (χ4v) is 2.98. The molecule has 0 aliphatic carbocycles. The molecule has 3 N–H and O–H groups in total. The van der Waals surface area contributed by atoms with Crippen LogP contribution in [0.5, 0.6) is 0 Å². The van der Waals surface area contributed by atoms with Crippen LogP contribution in [0.15, 0.2) is 30.5 Å². The molecule has 0 radical (unpaired) electrons. The van der Waals surface area contributed by atoms with Gasteiger partial charge < -0.3 is 15.8 Å². The van der Waals surface area contributed by atoms with Gasteiger partial charge in [-0.1, -0.05) is 0 Å². The number of rotatable bonds is 5. The van der Waals surface area contributed by atoms with Gasteiger partial charge in [0.25, 0.3) is 0 Å². The number of nitrogens with zero attached hydrogens (tertiary/aromatic N) is 2. The summed E-state index contributed by atoms with van der Waals surface area (Å²) in [5.41, 5.74) is 8.55. The monoisotopic (exact) mass is 346 g/mol. The van der Waals surface area contributed by atoms with E-state index in [9.17, 15) is 9.18 Å². The van der Waals surface area contributed by atoms with E-state index in [1.54, 1.807) is 16.8 Å². The van der Waals surface area contributed by atoms with Gasteiger partial charge in [-0.3, -0.25) is 4.79 Å². The molecule has 1 saturated heterocycles. The number of nitrogens with one attached hydrogen (secondary N) is 1. The van der Waals surface area contributed by atoms with Crippen molar-refractivity contribution in [2.75, 3.05) is 13.2 Å². The highest BCUT2D eigenvalue weighted by atomic mass is 19.1. The summed E-state index contributed by atoms with van der Waals surface area (Å²) >= 11 is 0. The lowest BCUT2D eigenvalue weighted by atomic mass is 9.92. The Kier molecular flexibility index (Phi) is 5.45. The van der Waals surface area contributed by atoms with Gasteiger partial charge in [0.05, 0.1) is 17.4 Å². The normalized spacial score (nSPS) is 16.6. The van der Waals surface area contributed by atoms with Crippen molar-refractivity contribution in [1.29, 1.82) is 0 Å². The number of nitrogens with two attached hydrogens (primary N) is 1. The van der Waals surface area contributed by atoms with Crippen LogP contribution >= 0.6 is 0 Å². The topological polar surface area (TPSA) is 82.2 Å². The number of hydrogen-bond acceptors (Lipinski definition) is 4. The van der Waals surface area contributed by atoms with Crippen molar-refractivity contribution in [2.45, 2.75) is 32.4 Å². The zero-order valence-electron chi connectivity index (χ0n) is 14.2. The van der Waals surface area contributed by atoms with Crippen LogP contribution in [0.25, 0.3) is 5.69 Å². The van der Waals surface area contributed by atoms with Crippen LogP contribution in [0.4, 0.5) is 4.39 Å². The molecular weight excluding hydrogens is 323 g/mol. The fourth-order valence-electron chi connectivity index (χ4n) is 2.98. The minimum atomic E-state index is -0.517. The first-order valence-electron chi connectivity index (χ1n) is 8.46. The molecule has 3 rings (SSSR count). The molecule has 1 aliphatic heterocycles. The smallest absolute Gasteiger partial charge is 0.237 e. The Hall–Kier alpha value is -2.25. The molecule has 1 unspecified atom stereocenters. The van der Waals surface area contributed by atoms with E-state index in [1.807, 2.05) is 13.1 Å². The highest BCUT2D eigenvalue weighted by Crippen LogP contribution is 2.18. The second-order valence-corrected chi connectivity index (χ2v) is 6.35. The van der Waals surface area contributed by atoms with Crippen molar-refractivity contribution < 1.29 is 13.9 Å². The Balaban J connectivity index is 1.61. The minimum absolute atomic E-state index is 0.152. The van der Waals surface area contributed by atoms with Crippen LogP contribution in [0, 0.1) is 18.7 Å². The standard InChI is InChI=1S/C18H23FN4O2/c1-12-14(11-23(22-12)16-4-2-15(19)3-5-16)10-21-18(24)17(20)13-6-8-25-9-7-13/h2-5,11,13,17H,6-10,20H2,1H3,(H,21,24). The molecule has 25 heavy (non-hydrogen) atoms. The van der Waals surface area contributed by atoms with Gasteiger partial charge in [-0.05, 0) is 49.9 Å². The number of carbonyl (C=O) groups excluding carboxylic acids is 1. The summed E-state index contributed by atoms with van der Waals surface area (Å²) in [6.07, 6.45) is 3.47. The van der Waals surface area contributed by atoms with Crippen LogP contribution in [0.3, 0.4) is 0 Å². The molecule has 0 spiro atoms. The maximum atomic E-state index is 13.0. The summed E-state index contributed by atoms with van der Waals surface area (Å²) in [5.74, 6) is -0.278. The third-order valence-electron chi connectivity index (χ3n) is 4.62. The molecule has 134 valence electrons. The molecule has 1 aliphatic rings. The van der Waals surface area contributed by atoms with Crippen LogP contribution in [-0.2, 0) is 16.1 Å².